The Morgan fingerprint density at radius 3 is 2.11 bits per heavy atom. The fraction of sp³-hybridized carbons (Fsp3) is 0.407. The van der Waals surface area contributed by atoms with Gasteiger partial charge in [-0.05, 0) is 47.9 Å². The predicted octanol–water partition coefficient (Wildman–Crippen LogP) is 3.18. The van der Waals surface area contributed by atoms with Crippen molar-refractivity contribution in [3.8, 4) is 11.1 Å². The molecule has 1 unspecified atom stereocenters. The molecule has 0 bridgehead atoms. The fourth-order valence-electron chi connectivity index (χ4n) is 4.36. The number of fused-ring (bicyclic) bond motifs is 3. The van der Waals surface area contributed by atoms with Crippen molar-refractivity contribution < 1.29 is 29.0 Å². The number of unbranched alkanes of at least 4 members (excludes halogenated alkanes) is 1. The second kappa shape index (κ2) is 13.3. The molecule has 9 heteroatoms. The van der Waals surface area contributed by atoms with Crippen LogP contribution in [0.5, 0.6) is 0 Å². The first-order valence-corrected chi connectivity index (χ1v) is 12.2. The van der Waals surface area contributed by atoms with E-state index in [-0.39, 0.29) is 37.2 Å². The number of nitrogens with one attached hydrogen (secondary N) is 3. The van der Waals surface area contributed by atoms with E-state index in [1.54, 1.807) is 7.05 Å². The van der Waals surface area contributed by atoms with Gasteiger partial charge in [-0.25, -0.2) is 9.59 Å². The van der Waals surface area contributed by atoms with Gasteiger partial charge in [0.1, 0.15) is 12.6 Å². The van der Waals surface area contributed by atoms with Crippen molar-refractivity contribution >= 4 is 23.9 Å². The maximum atomic E-state index is 12.4. The molecule has 9 nitrogen and oxygen atoms in total. The minimum absolute atomic E-state index is 0.105. The zero-order valence-electron chi connectivity index (χ0n) is 20.4. The van der Waals surface area contributed by atoms with E-state index in [2.05, 4.69) is 16.0 Å². The van der Waals surface area contributed by atoms with Crippen molar-refractivity contribution in [1.29, 1.82) is 0 Å². The van der Waals surface area contributed by atoms with Gasteiger partial charge in [0.15, 0.2) is 0 Å². The third-order valence-corrected chi connectivity index (χ3v) is 6.26. The van der Waals surface area contributed by atoms with E-state index in [4.69, 9.17) is 4.74 Å². The average molecular weight is 496 g/mol. The van der Waals surface area contributed by atoms with Gasteiger partial charge in [-0.15, -0.1) is 0 Å². The third-order valence-electron chi connectivity index (χ3n) is 6.26. The van der Waals surface area contributed by atoms with Gasteiger partial charge >= 0.3 is 12.1 Å². The lowest BCUT2D eigenvalue weighted by Crippen LogP contribution is -2.41. The minimum Gasteiger partial charge on any atom is -0.480 e. The van der Waals surface area contributed by atoms with E-state index < -0.39 is 18.1 Å². The third kappa shape index (κ3) is 7.31. The summed E-state index contributed by atoms with van der Waals surface area (Å²) in [6.45, 7) is 0.508. The molecule has 4 N–H and O–H groups in total. The Morgan fingerprint density at radius 1 is 0.889 bits per heavy atom. The van der Waals surface area contributed by atoms with E-state index in [1.165, 1.54) is 0 Å². The molecule has 0 aromatic heterocycles. The number of ether oxygens (including phenoxy) is 1. The first-order chi connectivity index (χ1) is 17.4. The zero-order valence-corrected chi connectivity index (χ0v) is 20.4. The van der Waals surface area contributed by atoms with Crippen LogP contribution in [0.1, 0.15) is 55.6 Å². The highest BCUT2D eigenvalue weighted by Crippen LogP contribution is 2.44. The highest BCUT2D eigenvalue weighted by molar-refractivity contribution is 5.81. The van der Waals surface area contributed by atoms with E-state index >= 15 is 0 Å². The first kappa shape index (κ1) is 26.7. The Labute approximate surface area is 210 Å². The Balaban J connectivity index is 1.40. The number of aliphatic carboxylic acids is 1. The van der Waals surface area contributed by atoms with Crippen molar-refractivity contribution in [2.75, 3.05) is 20.2 Å². The van der Waals surface area contributed by atoms with E-state index in [0.717, 1.165) is 22.3 Å². The van der Waals surface area contributed by atoms with Crippen LogP contribution in [0, 0.1) is 0 Å². The molecule has 0 aliphatic heterocycles. The number of rotatable bonds is 13. The summed E-state index contributed by atoms with van der Waals surface area (Å²) < 4.78 is 5.44. The standard InChI is InChI=1S/C27H33N3O6/c1-28-24(31)14-8-15-25(32)29-16-7-6-13-23(26(33)34)30-27(35)36-17-22-20-11-4-2-9-18(20)19-10-3-5-12-21(19)22/h2-5,9-12,22-23H,6-8,13-17H2,1H3,(H,28,31)(H,29,32)(H,30,35)(H,33,34). The normalized spacial score (nSPS) is 12.7. The maximum Gasteiger partial charge on any atom is 0.407 e. The van der Waals surface area contributed by atoms with Gasteiger partial charge in [0.2, 0.25) is 11.8 Å². The van der Waals surface area contributed by atoms with Crippen LogP contribution in [0.3, 0.4) is 0 Å². The predicted molar refractivity (Wildman–Crippen MR) is 134 cm³/mol. The summed E-state index contributed by atoms with van der Waals surface area (Å²) in [6.07, 6.45) is 1.54. The Kier molecular flexibility index (Phi) is 9.85. The number of carbonyl (C=O) groups is 4. The largest absolute Gasteiger partial charge is 0.480 e. The van der Waals surface area contributed by atoms with Gasteiger partial charge in [-0.2, -0.15) is 0 Å². The van der Waals surface area contributed by atoms with Crippen LogP contribution in [0.25, 0.3) is 11.1 Å². The quantitative estimate of drug-likeness (QED) is 0.316. The molecule has 0 saturated carbocycles. The molecule has 0 fully saturated rings. The second-order valence-electron chi connectivity index (χ2n) is 8.73. The van der Waals surface area contributed by atoms with Gasteiger partial charge in [-0.1, -0.05) is 48.5 Å². The highest BCUT2D eigenvalue weighted by atomic mass is 16.5. The average Bonchev–Trinajstić information content (AvgIpc) is 3.20. The summed E-state index contributed by atoms with van der Waals surface area (Å²) in [7, 11) is 1.55. The number of hydrogen-bond acceptors (Lipinski definition) is 5. The molecular formula is C27H33N3O6. The SMILES string of the molecule is CNC(=O)CCCC(=O)NCCCCC(NC(=O)OCC1c2ccccc2-c2ccccc21)C(=O)O. The lowest BCUT2D eigenvalue weighted by atomic mass is 9.98. The Hall–Kier alpha value is -3.88. The van der Waals surface area contributed by atoms with Gasteiger partial charge in [0.05, 0.1) is 0 Å². The van der Waals surface area contributed by atoms with Crippen LogP contribution in [-0.2, 0) is 19.1 Å². The molecule has 2 aromatic rings. The molecule has 0 heterocycles. The lowest BCUT2D eigenvalue weighted by molar-refractivity contribution is -0.139. The van der Waals surface area contributed by atoms with Crippen LogP contribution in [0.2, 0.25) is 0 Å². The summed E-state index contributed by atoms with van der Waals surface area (Å²) >= 11 is 0. The molecule has 192 valence electrons. The second-order valence-corrected chi connectivity index (χ2v) is 8.73. The van der Waals surface area contributed by atoms with Crippen molar-refractivity contribution in [2.24, 2.45) is 0 Å². The van der Waals surface area contributed by atoms with Gasteiger partial charge in [0.25, 0.3) is 0 Å². The Bertz CT molecular complexity index is 1040. The monoisotopic (exact) mass is 495 g/mol. The van der Waals surface area contributed by atoms with Crippen LogP contribution < -0.4 is 16.0 Å². The van der Waals surface area contributed by atoms with Crippen molar-refractivity contribution in [3.05, 3.63) is 59.7 Å². The molecule has 1 aliphatic rings. The molecular weight excluding hydrogens is 462 g/mol. The fourth-order valence-corrected chi connectivity index (χ4v) is 4.36. The summed E-state index contributed by atoms with van der Waals surface area (Å²) in [4.78, 5) is 47.0. The number of carbonyl (C=O) groups excluding carboxylic acids is 3. The number of amides is 3. The van der Waals surface area contributed by atoms with E-state index in [0.29, 0.717) is 32.2 Å². The molecule has 0 spiro atoms. The van der Waals surface area contributed by atoms with E-state index in [1.807, 2.05) is 48.5 Å². The smallest absolute Gasteiger partial charge is 0.407 e. The molecule has 1 aliphatic carbocycles. The molecule has 1 atom stereocenters. The van der Waals surface area contributed by atoms with Crippen molar-refractivity contribution in [3.63, 3.8) is 0 Å². The molecule has 36 heavy (non-hydrogen) atoms. The van der Waals surface area contributed by atoms with E-state index in [9.17, 15) is 24.3 Å². The van der Waals surface area contributed by atoms with Crippen LogP contribution in [-0.4, -0.2) is 55.2 Å². The van der Waals surface area contributed by atoms with Crippen LogP contribution in [0.4, 0.5) is 4.79 Å². The summed E-state index contributed by atoms with van der Waals surface area (Å²) in [5.74, 6) is -1.50. The number of benzene rings is 2. The Morgan fingerprint density at radius 2 is 1.50 bits per heavy atom. The van der Waals surface area contributed by atoms with Crippen LogP contribution in [0.15, 0.2) is 48.5 Å². The molecule has 2 aromatic carbocycles. The number of carboxylic acid groups (broad SMARTS) is 1. The number of carboxylic acids is 1. The molecule has 0 radical (unpaired) electrons. The van der Waals surface area contributed by atoms with Crippen molar-refractivity contribution in [2.45, 2.75) is 50.5 Å². The molecule has 0 saturated heterocycles. The van der Waals surface area contributed by atoms with Gasteiger partial charge in [0, 0.05) is 32.4 Å². The van der Waals surface area contributed by atoms with Crippen molar-refractivity contribution in [1.82, 2.24) is 16.0 Å². The topological polar surface area (TPSA) is 134 Å². The maximum absolute atomic E-state index is 12.4. The summed E-state index contributed by atoms with van der Waals surface area (Å²) in [6, 6.07) is 14.9. The minimum atomic E-state index is -1.14. The van der Waals surface area contributed by atoms with Crippen LogP contribution >= 0.6 is 0 Å². The first-order valence-electron chi connectivity index (χ1n) is 12.2. The highest BCUT2D eigenvalue weighted by Gasteiger charge is 2.29. The zero-order chi connectivity index (χ0) is 25.9. The lowest BCUT2D eigenvalue weighted by Gasteiger charge is -2.17. The summed E-state index contributed by atoms with van der Waals surface area (Å²) in [5.41, 5.74) is 4.39. The molecule has 3 amide bonds. The van der Waals surface area contributed by atoms with Gasteiger partial charge in [-0.3, -0.25) is 9.59 Å². The number of hydrogen-bond donors (Lipinski definition) is 4. The number of alkyl carbamates (subject to hydrolysis) is 1. The molecule has 3 rings (SSSR count). The summed E-state index contributed by atoms with van der Waals surface area (Å²) in [5, 5.41) is 17.2. The van der Waals surface area contributed by atoms with Gasteiger partial charge < -0.3 is 25.8 Å².